The number of nitrogens with one attached hydrogen (secondary N) is 1. The zero-order valence-electron chi connectivity index (χ0n) is 11.6. The Kier molecular flexibility index (Phi) is 3.66. The van der Waals surface area contributed by atoms with E-state index in [0.717, 1.165) is 6.07 Å². The summed E-state index contributed by atoms with van der Waals surface area (Å²) in [6, 6.07) is 2.42. The first-order chi connectivity index (χ1) is 10.8. The van der Waals surface area contributed by atoms with Crippen molar-refractivity contribution in [3.8, 4) is 11.4 Å². The molecule has 10 heteroatoms. The average Bonchev–Trinajstić information content (AvgIpc) is 3.10. The van der Waals surface area contributed by atoms with Crippen molar-refractivity contribution < 1.29 is 22.5 Å². The van der Waals surface area contributed by atoms with Gasteiger partial charge in [-0.05, 0) is 12.5 Å². The highest BCUT2D eigenvalue weighted by molar-refractivity contribution is 5.78. The fourth-order valence-electron chi connectivity index (χ4n) is 2.31. The number of halogens is 3. The maximum atomic E-state index is 12.4. The number of hydrogen-bond acceptors (Lipinski definition) is 5. The molecule has 0 aromatic carbocycles. The third-order valence-electron chi connectivity index (χ3n) is 3.42. The minimum atomic E-state index is -4.74. The van der Waals surface area contributed by atoms with Gasteiger partial charge in [-0.3, -0.25) is 9.59 Å². The summed E-state index contributed by atoms with van der Waals surface area (Å²) >= 11 is 0. The molecule has 1 aliphatic rings. The van der Waals surface area contributed by atoms with Crippen LogP contribution in [-0.4, -0.2) is 26.7 Å². The van der Waals surface area contributed by atoms with Crippen LogP contribution in [0.15, 0.2) is 27.6 Å². The molecular formula is C13H11F3N4O3. The van der Waals surface area contributed by atoms with Crippen molar-refractivity contribution in [1.82, 2.24) is 20.0 Å². The van der Waals surface area contributed by atoms with E-state index >= 15 is 0 Å². The van der Waals surface area contributed by atoms with Gasteiger partial charge in [0.1, 0.15) is 0 Å². The number of carbonyl (C=O) groups excluding carboxylic acids is 1. The molecule has 0 radical (unpaired) electrons. The van der Waals surface area contributed by atoms with Crippen LogP contribution >= 0.6 is 0 Å². The van der Waals surface area contributed by atoms with E-state index in [1.807, 2.05) is 0 Å². The molecule has 0 saturated carbocycles. The fourth-order valence-corrected chi connectivity index (χ4v) is 2.31. The molecule has 1 aliphatic heterocycles. The molecule has 23 heavy (non-hydrogen) atoms. The topological polar surface area (TPSA) is 90.0 Å². The van der Waals surface area contributed by atoms with Crippen LogP contribution < -0.4 is 10.9 Å². The van der Waals surface area contributed by atoms with Crippen LogP contribution in [0, 0.1) is 0 Å². The van der Waals surface area contributed by atoms with Crippen LogP contribution in [0.5, 0.6) is 0 Å². The number of amides is 1. The number of pyridine rings is 1. The lowest BCUT2D eigenvalue weighted by molar-refractivity contribution is -0.159. The molecule has 0 unspecified atom stereocenters. The molecule has 7 nitrogen and oxygen atoms in total. The summed E-state index contributed by atoms with van der Waals surface area (Å²) in [4.78, 5) is 26.4. The lowest BCUT2D eigenvalue weighted by Crippen LogP contribution is -2.33. The van der Waals surface area contributed by atoms with Crippen molar-refractivity contribution in [3.63, 3.8) is 0 Å². The number of rotatable bonds is 3. The van der Waals surface area contributed by atoms with E-state index in [-0.39, 0.29) is 23.3 Å². The van der Waals surface area contributed by atoms with E-state index < -0.39 is 17.6 Å². The maximum absolute atomic E-state index is 12.4. The first kappa shape index (κ1) is 15.3. The summed E-state index contributed by atoms with van der Waals surface area (Å²) < 4.78 is 42.8. The van der Waals surface area contributed by atoms with Gasteiger partial charge < -0.3 is 14.4 Å². The van der Waals surface area contributed by atoms with Crippen LogP contribution in [0.1, 0.15) is 18.7 Å². The largest absolute Gasteiger partial charge is 0.471 e. The highest BCUT2D eigenvalue weighted by Gasteiger charge is 2.38. The SMILES string of the molecule is O=C1CC[C@@H](Cn2ccc(-c3noc(C(F)(F)F)n3)cc2=O)N1. The van der Waals surface area contributed by atoms with Crippen molar-refractivity contribution in [3.05, 3.63) is 34.6 Å². The molecule has 2 aromatic rings. The lowest BCUT2D eigenvalue weighted by atomic mass is 10.2. The summed E-state index contributed by atoms with van der Waals surface area (Å²) in [5, 5.41) is 5.96. The van der Waals surface area contributed by atoms with Gasteiger partial charge in [0, 0.05) is 36.8 Å². The molecule has 1 amide bonds. The second-order valence-corrected chi connectivity index (χ2v) is 5.13. The Morgan fingerprint density at radius 1 is 1.39 bits per heavy atom. The Bertz CT molecular complexity index is 796. The second kappa shape index (κ2) is 5.52. The summed E-state index contributed by atoms with van der Waals surface area (Å²) in [6.45, 7) is 0.297. The highest BCUT2D eigenvalue weighted by atomic mass is 19.4. The third-order valence-corrected chi connectivity index (χ3v) is 3.42. The zero-order valence-corrected chi connectivity index (χ0v) is 11.6. The van der Waals surface area contributed by atoms with Gasteiger partial charge >= 0.3 is 12.1 Å². The van der Waals surface area contributed by atoms with Gasteiger partial charge in [-0.1, -0.05) is 5.16 Å². The van der Waals surface area contributed by atoms with Gasteiger partial charge in [0.05, 0.1) is 0 Å². The standard InChI is InChI=1S/C13H11F3N4O3/c14-13(15,16)12-18-11(19-23-12)7-3-4-20(10(22)5-7)6-8-1-2-9(21)17-8/h3-5,8H,1-2,6H2,(H,17,21)/t8-/m0/s1. The molecule has 0 spiro atoms. The molecule has 0 aliphatic carbocycles. The Labute approximate surface area is 127 Å². The minimum absolute atomic E-state index is 0.0638. The molecule has 1 fully saturated rings. The Morgan fingerprint density at radius 3 is 2.74 bits per heavy atom. The predicted molar refractivity (Wildman–Crippen MR) is 70.2 cm³/mol. The zero-order chi connectivity index (χ0) is 16.6. The van der Waals surface area contributed by atoms with Gasteiger partial charge in [0.15, 0.2) is 0 Å². The number of alkyl halides is 3. The summed E-state index contributed by atoms with van der Waals surface area (Å²) in [5.41, 5.74) is -0.303. The van der Waals surface area contributed by atoms with Gasteiger partial charge in [0.2, 0.25) is 11.7 Å². The number of aromatic nitrogens is 3. The van der Waals surface area contributed by atoms with Crippen LogP contribution in [0.4, 0.5) is 13.2 Å². The Morgan fingerprint density at radius 2 is 2.17 bits per heavy atom. The van der Waals surface area contributed by atoms with Crippen molar-refractivity contribution >= 4 is 5.91 Å². The van der Waals surface area contributed by atoms with E-state index in [2.05, 4.69) is 20.0 Å². The predicted octanol–water partition coefficient (Wildman–Crippen LogP) is 1.20. The second-order valence-electron chi connectivity index (χ2n) is 5.13. The summed E-state index contributed by atoms with van der Waals surface area (Å²) in [5.74, 6) is -1.84. The molecule has 122 valence electrons. The van der Waals surface area contributed by atoms with E-state index in [9.17, 15) is 22.8 Å². The summed E-state index contributed by atoms with van der Waals surface area (Å²) in [7, 11) is 0. The average molecular weight is 328 g/mol. The van der Waals surface area contributed by atoms with E-state index in [0.29, 0.717) is 19.4 Å². The fraction of sp³-hybridized carbons (Fsp3) is 0.385. The smallest absolute Gasteiger partial charge is 0.352 e. The lowest BCUT2D eigenvalue weighted by Gasteiger charge is -2.12. The third kappa shape index (κ3) is 3.25. The maximum Gasteiger partial charge on any atom is 0.471 e. The van der Waals surface area contributed by atoms with E-state index in [1.165, 1.54) is 16.8 Å². The van der Waals surface area contributed by atoms with Gasteiger partial charge in [-0.15, -0.1) is 0 Å². The molecule has 1 atom stereocenters. The van der Waals surface area contributed by atoms with Crippen LogP contribution in [0.25, 0.3) is 11.4 Å². The van der Waals surface area contributed by atoms with Crippen molar-refractivity contribution in [2.75, 3.05) is 0 Å². The molecule has 3 rings (SSSR count). The molecule has 3 heterocycles. The number of hydrogen-bond donors (Lipinski definition) is 1. The quantitative estimate of drug-likeness (QED) is 0.914. The molecule has 1 saturated heterocycles. The molecular weight excluding hydrogens is 317 g/mol. The molecule has 1 N–H and O–H groups in total. The van der Waals surface area contributed by atoms with Crippen LogP contribution in [0.3, 0.4) is 0 Å². The van der Waals surface area contributed by atoms with Gasteiger partial charge in [-0.25, -0.2) is 0 Å². The molecule has 2 aromatic heterocycles. The normalized spacial score (nSPS) is 18.2. The molecule has 0 bridgehead atoms. The van der Waals surface area contributed by atoms with Crippen molar-refractivity contribution in [2.24, 2.45) is 0 Å². The van der Waals surface area contributed by atoms with Crippen molar-refractivity contribution in [1.29, 1.82) is 0 Å². The van der Waals surface area contributed by atoms with Gasteiger partial charge in [0.25, 0.3) is 5.56 Å². The Balaban J connectivity index is 1.80. The van der Waals surface area contributed by atoms with Gasteiger partial charge in [-0.2, -0.15) is 18.2 Å². The first-order valence-corrected chi connectivity index (χ1v) is 6.74. The monoisotopic (exact) mass is 328 g/mol. The van der Waals surface area contributed by atoms with E-state index in [4.69, 9.17) is 0 Å². The minimum Gasteiger partial charge on any atom is -0.352 e. The van der Waals surface area contributed by atoms with Crippen molar-refractivity contribution in [2.45, 2.75) is 31.6 Å². The van der Waals surface area contributed by atoms with E-state index in [1.54, 1.807) is 0 Å². The van der Waals surface area contributed by atoms with Crippen LogP contribution in [0.2, 0.25) is 0 Å². The number of nitrogens with zero attached hydrogens (tertiary/aromatic N) is 3. The number of carbonyl (C=O) groups is 1. The first-order valence-electron chi connectivity index (χ1n) is 6.74. The van der Waals surface area contributed by atoms with Crippen LogP contribution in [-0.2, 0) is 17.5 Å². The highest BCUT2D eigenvalue weighted by Crippen LogP contribution is 2.29. The Hall–Kier alpha value is -2.65. The summed E-state index contributed by atoms with van der Waals surface area (Å²) in [6.07, 6.45) is -2.26.